The molecule has 0 amide bonds. The number of benzene rings is 1. The molecule has 23 heavy (non-hydrogen) atoms. The highest BCUT2D eigenvalue weighted by atomic mass is 32.2. The highest BCUT2D eigenvalue weighted by Gasteiger charge is 2.12. The largest absolute Gasteiger partial charge is 0.379 e. The molecule has 0 aromatic heterocycles. The van der Waals surface area contributed by atoms with Crippen molar-refractivity contribution in [2.24, 2.45) is 0 Å². The molecule has 0 aliphatic carbocycles. The van der Waals surface area contributed by atoms with Gasteiger partial charge in [-0.05, 0) is 12.1 Å². The Kier molecular flexibility index (Phi) is 8.40. The number of rotatable bonds is 9. The van der Waals surface area contributed by atoms with E-state index in [1.807, 2.05) is 12.1 Å². The van der Waals surface area contributed by atoms with E-state index in [0.717, 1.165) is 58.2 Å². The van der Waals surface area contributed by atoms with Gasteiger partial charge in [-0.15, -0.1) is 11.8 Å². The number of thioether (sulfide) groups is 1. The summed E-state index contributed by atoms with van der Waals surface area (Å²) < 4.78 is 19.0. The van der Waals surface area contributed by atoms with Gasteiger partial charge in [-0.3, -0.25) is 4.90 Å². The van der Waals surface area contributed by atoms with Gasteiger partial charge in [-0.25, -0.2) is 4.39 Å². The Hall–Kier alpha value is -1.13. The van der Waals surface area contributed by atoms with Crippen molar-refractivity contribution in [2.45, 2.75) is 11.3 Å². The maximum atomic E-state index is 13.6. The topological polar surface area (TPSA) is 39.5 Å². The van der Waals surface area contributed by atoms with Crippen molar-refractivity contribution >= 4 is 11.8 Å². The number of ether oxygens (including phenoxy) is 1. The lowest BCUT2D eigenvalue weighted by atomic mass is 10.3. The van der Waals surface area contributed by atoms with Crippen LogP contribution in [0.5, 0.6) is 0 Å². The quantitative estimate of drug-likeness (QED) is 0.647. The SMILES string of the molecule is N#CCCN(CCSc1ccccc1F)CCN1CCOCC1. The highest BCUT2D eigenvalue weighted by molar-refractivity contribution is 7.99. The molecule has 1 aliphatic rings. The number of hydrogen-bond donors (Lipinski definition) is 0. The summed E-state index contributed by atoms with van der Waals surface area (Å²) in [7, 11) is 0. The Morgan fingerprint density at radius 3 is 2.74 bits per heavy atom. The second-order valence-electron chi connectivity index (χ2n) is 5.48. The summed E-state index contributed by atoms with van der Waals surface area (Å²) in [4.78, 5) is 5.39. The molecule has 0 atom stereocenters. The first kappa shape index (κ1) is 18.2. The number of morpholine rings is 1. The van der Waals surface area contributed by atoms with Crippen molar-refractivity contribution < 1.29 is 9.13 Å². The Morgan fingerprint density at radius 2 is 2.00 bits per heavy atom. The third kappa shape index (κ3) is 6.88. The molecule has 0 radical (unpaired) electrons. The molecule has 1 aromatic carbocycles. The van der Waals surface area contributed by atoms with E-state index >= 15 is 0 Å². The van der Waals surface area contributed by atoms with Gasteiger partial charge in [0.2, 0.25) is 0 Å². The van der Waals surface area contributed by atoms with Gasteiger partial charge in [-0.2, -0.15) is 5.26 Å². The molecule has 0 N–H and O–H groups in total. The van der Waals surface area contributed by atoms with E-state index in [-0.39, 0.29) is 5.82 Å². The Morgan fingerprint density at radius 1 is 1.22 bits per heavy atom. The molecule has 2 rings (SSSR count). The zero-order chi connectivity index (χ0) is 16.3. The standard InChI is InChI=1S/C17H24FN3OS/c18-16-4-1-2-5-17(16)23-15-12-20(7-3-6-19)8-9-21-10-13-22-14-11-21/h1-2,4-5H,3,7-15H2. The van der Waals surface area contributed by atoms with Crippen LogP contribution in [0.4, 0.5) is 4.39 Å². The molecular formula is C17H24FN3OS. The Balaban J connectivity index is 1.73. The van der Waals surface area contributed by atoms with E-state index in [1.54, 1.807) is 6.07 Å². The summed E-state index contributed by atoms with van der Waals surface area (Å²) in [6.45, 7) is 7.16. The van der Waals surface area contributed by atoms with Crippen LogP contribution in [0, 0.1) is 17.1 Å². The van der Waals surface area contributed by atoms with E-state index < -0.39 is 0 Å². The van der Waals surface area contributed by atoms with Gasteiger partial charge in [0.25, 0.3) is 0 Å². The number of halogens is 1. The van der Waals surface area contributed by atoms with E-state index in [1.165, 1.54) is 17.8 Å². The molecular weight excluding hydrogens is 313 g/mol. The molecule has 126 valence electrons. The predicted molar refractivity (Wildman–Crippen MR) is 91.1 cm³/mol. The van der Waals surface area contributed by atoms with E-state index in [9.17, 15) is 4.39 Å². The molecule has 4 nitrogen and oxygen atoms in total. The van der Waals surface area contributed by atoms with Crippen LogP contribution >= 0.6 is 11.8 Å². The molecule has 0 bridgehead atoms. The Labute approximate surface area is 142 Å². The lowest BCUT2D eigenvalue weighted by molar-refractivity contribution is 0.0337. The average molecular weight is 337 g/mol. The average Bonchev–Trinajstić information content (AvgIpc) is 2.59. The van der Waals surface area contributed by atoms with Crippen LogP contribution in [0.1, 0.15) is 6.42 Å². The van der Waals surface area contributed by atoms with Crippen molar-refractivity contribution in [3.05, 3.63) is 30.1 Å². The minimum Gasteiger partial charge on any atom is -0.379 e. The van der Waals surface area contributed by atoms with Crippen LogP contribution in [0.2, 0.25) is 0 Å². The van der Waals surface area contributed by atoms with Crippen LogP contribution in [0.3, 0.4) is 0 Å². The molecule has 1 aromatic rings. The zero-order valence-corrected chi connectivity index (χ0v) is 14.2. The third-order valence-corrected chi connectivity index (χ3v) is 4.91. The predicted octanol–water partition coefficient (Wildman–Crippen LogP) is 2.47. The molecule has 0 spiro atoms. The van der Waals surface area contributed by atoms with Crippen LogP contribution in [0.25, 0.3) is 0 Å². The van der Waals surface area contributed by atoms with E-state index in [4.69, 9.17) is 10.00 Å². The second-order valence-corrected chi connectivity index (χ2v) is 6.62. The van der Waals surface area contributed by atoms with Crippen molar-refractivity contribution in [1.29, 1.82) is 5.26 Å². The smallest absolute Gasteiger partial charge is 0.136 e. The highest BCUT2D eigenvalue weighted by Crippen LogP contribution is 2.21. The summed E-state index contributed by atoms with van der Waals surface area (Å²) in [6.07, 6.45) is 0.535. The molecule has 6 heteroatoms. The van der Waals surface area contributed by atoms with Gasteiger partial charge in [-0.1, -0.05) is 12.1 Å². The second kappa shape index (κ2) is 10.6. The lowest BCUT2D eigenvalue weighted by Gasteiger charge is -2.29. The molecule has 1 aliphatic heterocycles. The van der Waals surface area contributed by atoms with Crippen LogP contribution in [0.15, 0.2) is 29.2 Å². The fourth-order valence-electron chi connectivity index (χ4n) is 2.50. The fraction of sp³-hybridized carbons (Fsp3) is 0.588. The first-order valence-corrected chi connectivity index (χ1v) is 9.05. The Bertz CT molecular complexity index is 503. The maximum absolute atomic E-state index is 13.6. The van der Waals surface area contributed by atoms with E-state index in [0.29, 0.717) is 11.3 Å². The summed E-state index contributed by atoms with van der Waals surface area (Å²) in [6, 6.07) is 9.09. The lowest BCUT2D eigenvalue weighted by Crippen LogP contribution is -2.42. The molecule has 1 fully saturated rings. The number of hydrogen-bond acceptors (Lipinski definition) is 5. The minimum atomic E-state index is -0.158. The first-order chi connectivity index (χ1) is 11.3. The summed E-state index contributed by atoms with van der Waals surface area (Å²) in [5.74, 6) is 0.671. The molecule has 0 saturated carbocycles. The number of nitriles is 1. The van der Waals surface area contributed by atoms with Gasteiger partial charge in [0.05, 0.1) is 19.3 Å². The van der Waals surface area contributed by atoms with Crippen LogP contribution in [-0.4, -0.2) is 68.0 Å². The van der Waals surface area contributed by atoms with Crippen molar-refractivity contribution in [1.82, 2.24) is 9.80 Å². The normalized spacial score (nSPS) is 15.7. The minimum absolute atomic E-state index is 0.158. The van der Waals surface area contributed by atoms with Crippen molar-refractivity contribution in [3.63, 3.8) is 0 Å². The van der Waals surface area contributed by atoms with Gasteiger partial charge in [0, 0.05) is 56.3 Å². The van der Waals surface area contributed by atoms with Gasteiger partial charge < -0.3 is 9.64 Å². The van der Waals surface area contributed by atoms with Crippen molar-refractivity contribution in [2.75, 3.05) is 58.2 Å². The van der Waals surface area contributed by atoms with E-state index in [2.05, 4.69) is 15.9 Å². The zero-order valence-electron chi connectivity index (χ0n) is 13.4. The fourth-order valence-corrected chi connectivity index (χ4v) is 3.45. The molecule has 1 saturated heterocycles. The number of nitrogens with zero attached hydrogens (tertiary/aromatic N) is 3. The first-order valence-electron chi connectivity index (χ1n) is 8.06. The monoisotopic (exact) mass is 337 g/mol. The van der Waals surface area contributed by atoms with Crippen molar-refractivity contribution in [3.8, 4) is 6.07 Å². The van der Waals surface area contributed by atoms with Gasteiger partial charge in [0.1, 0.15) is 5.82 Å². The molecule has 0 unspecified atom stereocenters. The van der Waals surface area contributed by atoms with Gasteiger partial charge in [0.15, 0.2) is 0 Å². The summed E-state index contributed by atoms with van der Waals surface area (Å²) in [5, 5.41) is 8.81. The maximum Gasteiger partial charge on any atom is 0.136 e. The van der Waals surface area contributed by atoms with Crippen LogP contribution in [-0.2, 0) is 4.74 Å². The summed E-state index contributed by atoms with van der Waals surface area (Å²) in [5.41, 5.74) is 0. The van der Waals surface area contributed by atoms with Crippen LogP contribution < -0.4 is 0 Å². The van der Waals surface area contributed by atoms with Gasteiger partial charge >= 0.3 is 0 Å². The molecule has 1 heterocycles. The third-order valence-electron chi connectivity index (χ3n) is 3.88. The summed E-state index contributed by atoms with van der Waals surface area (Å²) >= 11 is 1.54.